The third-order valence-corrected chi connectivity index (χ3v) is 3.59. The van der Waals surface area contributed by atoms with E-state index in [4.69, 9.17) is 0 Å². The van der Waals surface area contributed by atoms with E-state index < -0.39 is 12.1 Å². The molecular weight excluding hydrogens is 215 g/mol. The zero-order chi connectivity index (χ0) is 12.2. The van der Waals surface area contributed by atoms with Crippen LogP contribution in [-0.4, -0.2) is 18.3 Å². The van der Waals surface area contributed by atoms with Gasteiger partial charge < -0.3 is 5.32 Å². The quantitative estimate of drug-likeness (QED) is 0.782. The summed E-state index contributed by atoms with van der Waals surface area (Å²) in [6.07, 6.45) is 0.136. The molecule has 1 saturated carbocycles. The number of alkyl halides is 3. The Labute approximate surface area is 95.8 Å². The summed E-state index contributed by atoms with van der Waals surface area (Å²) in [7, 11) is 0. The summed E-state index contributed by atoms with van der Waals surface area (Å²) in [6, 6.07) is 0.433. The van der Waals surface area contributed by atoms with Crippen molar-refractivity contribution < 1.29 is 13.2 Å². The average Bonchev–Trinajstić information content (AvgIpc) is 2.25. The minimum atomic E-state index is -4.01. The number of nitrogens with one attached hydrogen (secondary N) is 1. The monoisotopic (exact) mass is 237 g/mol. The van der Waals surface area contributed by atoms with Crippen molar-refractivity contribution in [3.05, 3.63) is 0 Å². The fourth-order valence-corrected chi connectivity index (χ4v) is 2.50. The number of hydrogen-bond acceptors (Lipinski definition) is 1. The molecule has 2 atom stereocenters. The number of rotatable bonds is 4. The van der Waals surface area contributed by atoms with Crippen LogP contribution in [0.1, 0.15) is 52.4 Å². The molecule has 0 aromatic rings. The molecule has 0 aromatic carbocycles. The van der Waals surface area contributed by atoms with Gasteiger partial charge in [-0.15, -0.1) is 0 Å². The second-order valence-corrected chi connectivity index (χ2v) is 4.78. The maximum Gasteiger partial charge on any atom is 0.391 e. The first-order valence-corrected chi connectivity index (χ1v) is 6.30. The summed E-state index contributed by atoms with van der Waals surface area (Å²) in [5, 5.41) is 3.36. The minimum absolute atomic E-state index is 0.0604. The molecule has 16 heavy (non-hydrogen) atoms. The van der Waals surface area contributed by atoms with Crippen LogP contribution in [0.2, 0.25) is 0 Å². The molecule has 1 nitrogen and oxygen atoms in total. The fourth-order valence-electron chi connectivity index (χ4n) is 2.50. The summed E-state index contributed by atoms with van der Waals surface area (Å²) in [6.45, 7) is 4.15. The van der Waals surface area contributed by atoms with Gasteiger partial charge in [-0.25, -0.2) is 0 Å². The van der Waals surface area contributed by atoms with Gasteiger partial charge in [-0.05, 0) is 32.1 Å². The minimum Gasteiger partial charge on any atom is -0.311 e. The Morgan fingerprint density at radius 2 is 1.81 bits per heavy atom. The molecule has 0 radical (unpaired) electrons. The highest BCUT2D eigenvalue weighted by atomic mass is 19.4. The summed E-state index contributed by atoms with van der Waals surface area (Å²) in [4.78, 5) is 0. The molecule has 1 rings (SSSR count). The highest BCUT2D eigenvalue weighted by molar-refractivity contribution is 4.83. The second kappa shape index (κ2) is 5.89. The van der Waals surface area contributed by atoms with E-state index in [1.165, 1.54) is 0 Å². The topological polar surface area (TPSA) is 12.0 Å². The smallest absolute Gasteiger partial charge is 0.311 e. The molecule has 1 aliphatic carbocycles. The van der Waals surface area contributed by atoms with Crippen molar-refractivity contribution in [1.82, 2.24) is 5.32 Å². The van der Waals surface area contributed by atoms with Crippen LogP contribution in [0.5, 0.6) is 0 Å². The van der Waals surface area contributed by atoms with E-state index in [1.807, 2.05) is 0 Å². The van der Waals surface area contributed by atoms with Crippen LogP contribution in [-0.2, 0) is 0 Å². The maximum absolute atomic E-state index is 12.6. The summed E-state index contributed by atoms with van der Waals surface area (Å²) < 4.78 is 37.8. The predicted octanol–water partition coefficient (Wildman–Crippen LogP) is 3.89. The van der Waals surface area contributed by atoms with Gasteiger partial charge in [-0.1, -0.05) is 20.3 Å². The summed E-state index contributed by atoms with van der Waals surface area (Å²) in [5.41, 5.74) is 0. The second-order valence-electron chi connectivity index (χ2n) is 4.78. The Balaban J connectivity index is 2.44. The molecule has 0 amide bonds. The molecule has 0 heterocycles. The van der Waals surface area contributed by atoms with Crippen molar-refractivity contribution in [2.75, 3.05) is 0 Å². The van der Waals surface area contributed by atoms with E-state index in [9.17, 15) is 13.2 Å². The van der Waals surface area contributed by atoms with E-state index in [0.717, 1.165) is 19.3 Å². The molecule has 0 saturated heterocycles. The van der Waals surface area contributed by atoms with Crippen LogP contribution in [0.3, 0.4) is 0 Å². The van der Waals surface area contributed by atoms with E-state index in [1.54, 1.807) is 0 Å². The van der Waals surface area contributed by atoms with Gasteiger partial charge in [0, 0.05) is 12.1 Å². The van der Waals surface area contributed by atoms with Gasteiger partial charge >= 0.3 is 6.18 Å². The Hall–Kier alpha value is -0.250. The first kappa shape index (κ1) is 13.8. The lowest BCUT2D eigenvalue weighted by atomic mass is 9.85. The van der Waals surface area contributed by atoms with Crippen molar-refractivity contribution in [3.8, 4) is 0 Å². The molecule has 0 aromatic heterocycles. The van der Waals surface area contributed by atoms with E-state index in [-0.39, 0.29) is 12.5 Å². The Bertz CT molecular complexity index is 199. The van der Waals surface area contributed by atoms with Gasteiger partial charge in [0.15, 0.2) is 0 Å². The average molecular weight is 237 g/mol. The van der Waals surface area contributed by atoms with Gasteiger partial charge in [-0.2, -0.15) is 13.2 Å². The van der Waals surface area contributed by atoms with E-state index in [2.05, 4.69) is 19.2 Å². The highest BCUT2D eigenvalue weighted by Gasteiger charge is 2.42. The molecule has 4 heteroatoms. The Morgan fingerprint density at radius 1 is 1.19 bits per heavy atom. The zero-order valence-corrected chi connectivity index (χ0v) is 10.1. The Morgan fingerprint density at radius 3 is 2.31 bits per heavy atom. The van der Waals surface area contributed by atoms with Crippen LogP contribution in [0, 0.1) is 5.92 Å². The van der Waals surface area contributed by atoms with Crippen LogP contribution >= 0.6 is 0 Å². The van der Waals surface area contributed by atoms with Gasteiger partial charge in [0.05, 0.1) is 5.92 Å². The maximum atomic E-state index is 12.6. The lowest BCUT2D eigenvalue weighted by molar-refractivity contribution is -0.183. The number of hydrogen-bond donors (Lipinski definition) is 1. The summed E-state index contributed by atoms with van der Waals surface area (Å²) >= 11 is 0. The van der Waals surface area contributed by atoms with Crippen molar-refractivity contribution >= 4 is 0 Å². The normalized spacial score (nSPS) is 27.4. The van der Waals surface area contributed by atoms with Crippen molar-refractivity contribution in [1.29, 1.82) is 0 Å². The molecule has 1 N–H and O–H groups in total. The molecule has 96 valence electrons. The first-order valence-electron chi connectivity index (χ1n) is 6.30. The van der Waals surface area contributed by atoms with Crippen LogP contribution in [0.25, 0.3) is 0 Å². The lowest BCUT2D eigenvalue weighted by Crippen LogP contribution is -2.43. The molecule has 2 unspecified atom stereocenters. The molecule has 1 aliphatic rings. The van der Waals surface area contributed by atoms with Crippen molar-refractivity contribution in [2.45, 2.75) is 70.6 Å². The molecule has 1 fully saturated rings. The predicted molar refractivity (Wildman–Crippen MR) is 59.3 cm³/mol. The standard InChI is InChI=1S/C12H22F3N/c1-3-10(4-2)16-11-7-5-6-9(8-11)12(13,14)15/h9-11,16H,3-8H2,1-2H3. The third-order valence-electron chi connectivity index (χ3n) is 3.59. The van der Waals surface area contributed by atoms with Gasteiger partial charge in [0.2, 0.25) is 0 Å². The van der Waals surface area contributed by atoms with Gasteiger partial charge in [0.25, 0.3) is 0 Å². The van der Waals surface area contributed by atoms with Crippen LogP contribution in [0.15, 0.2) is 0 Å². The molecule has 0 spiro atoms. The highest BCUT2D eigenvalue weighted by Crippen LogP contribution is 2.37. The molecule has 0 aliphatic heterocycles. The van der Waals surface area contributed by atoms with Crippen LogP contribution in [0.4, 0.5) is 13.2 Å². The first-order chi connectivity index (χ1) is 7.47. The zero-order valence-electron chi connectivity index (χ0n) is 10.1. The third kappa shape index (κ3) is 3.96. The summed E-state index contributed by atoms with van der Waals surface area (Å²) in [5.74, 6) is -1.09. The van der Waals surface area contributed by atoms with Crippen molar-refractivity contribution in [2.24, 2.45) is 5.92 Å². The van der Waals surface area contributed by atoms with Crippen LogP contribution < -0.4 is 5.32 Å². The van der Waals surface area contributed by atoms with Crippen molar-refractivity contribution in [3.63, 3.8) is 0 Å². The van der Waals surface area contributed by atoms with Gasteiger partial charge in [0.1, 0.15) is 0 Å². The largest absolute Gasteiger partial charge is 0.391 e. The molecule has 0 bridgehead atoms. The SMILES string of the molecule is CCC(CC)NC1CCCC(C(F)(F)F)C1. The van der Waals surface area contributed by atoms with Gasteiger partial charge in [-0.3, -0.25) is 0 Å². The van der Waals surface area contributed by atoms with E-state index in [0.29, 0.717) is 18.9 Å². The number of halogens is 3. The van der Waals surface area contributed by atoms with E-state index >= 15 is 0 Å². The lowest BCUT2D eigenvalue weighted by Gasteiger charge is -2.33. The Kier molecular flexibility index (Phi) is 5.09. The fraction of sp³-hybridized carbons (Fsp3) is 1.00. The molecular formula is C12H22F3N.